The van der Waals surface area contributed by atoms with Gasteiger partial charge in [-0.1, -0.05) is 52.3 Å². The lowest BCUT2D eigenvalue weighted by atomic mass is 9.83. The van der Waals surface area contributed by atoms with Gasteiger partial charge in [-0.25, -0.2) is 0 Å². The molecule has 6 nitrogen and oxygen atoms in total. The third-order valence-electron chi connectivity index (χ3n) is 5.67. The summed E-state index contributed by atoms with van der Waals surface area (Å²) in [5, 5.41) is 14.3. The number of nitrogens with zero attached hydrogens (tertiary/aromatic N) is 1. The van der Waals surface area contributed by atoms with Crippen LogP contribution in [0, 0.1) is 0 Å². The van der Waals surface area contributed by atoms with E-state index in [1.807, 2.05) is 36.4 Å². The topological polar surface area (TPSA) is 78.9 Å². The van der Waals surface area contributed by atoms with Crippen molar-refractivity contribution in [2.45, 2.75) is 25.1 Å². The van der Waals surface area contributed by atoms with Crippen molar-refractivity contribution in [2.24, 2.45) is 0 Å². The van der Waals surface area contributed by atoms with Crippen LogP contribution in [0.15, 0.2) is 77.3 Å². The number of fused-ring (bicyclic) bond motifs is 1. The number of ether oxygens (including phenoxy) is 1. The molecule has 0 saturated carbocycles. The second-order valence-electron chi connectivity index (χ2n) is 7.71. The number of aliphatic hydroxyl groups is 1. The summed E-state index contributed by atoms with van der Waals surface area (Å²) in [6.45, 7) is 1.59. The van der Waals surface area contributed by atoms with Gasteiger partial charge in [0.15, 0.2) is 11.3 Å². The number of nitrogens with one attached hydrogen (secondary N) is 1. The maximum atomic E-state index is 14.0. The second-order valence-corrected chi connectivity index (χ2v) is 8.63. The minimum atomic E-state index is -1.66. The van der Waals surface area contributed by atoms with Crippen LogP contribution < -0.4 is 15.0 Å². The fraction of sp³-hybridized carbons (Fsp3) is 0.200. The normalized spacial score (nSPS) is 18.2. The molecule has 0 aromatic heterocycles. The third kappa shape index (κ3) is 3.78. The molecular weight excluding hydrogens is 472 g/mol. The molecule has 0 aliphatic carbocycles. The molecule has 1 heterocycles. The first kappa shape index (κ1) is 22.0. The number of amides is 1. The Morgan fingerprint density at radius 3 is 2.44 bits per heavy atom. The Bertz CT molecular complexity index is 1150. The lowest BCUT2D eigenvalue weighted by molar-refractivity contribution is -0.136. The molecule has 3 aromatic carbocycles. The van der Waals surface area contributed by atoms with E-state index in [-0.39, 0.29) is 0 Å². The molecule has 164 valence electrons. The fourth-order valence-corrected chi connectivity index (χ4v) is 4.43. The van der Waals surface area contributed by atoms with Crippen LogP contribution in [0.5, 0.6) is 5.75 Å². The van der Waals surface area contributed by atoms with Crippen LogP contribution in [0.1, 0.15) is 18.1 Å². The van der Waals surface area contributed by atoms with E-state index >= 15 is 0 Å². The SMILES string of the molecule is COc1ccc(N[C@@]2([C@@H](O)C(C)=O)C(=O)N(Cc3ccccc3)c3cc(Br)ccc32)cc1. The van der Waals surface area contributed by atoms with Gasteiger partial charge in [0.05, 0.1) is 19.3 Å². The highest BCUT2D eigenvalue weighted by molar-refractivity contribution is 9.10. The van der Waals surface area contributed by atoms with Gasteiger partial charge in [0, 0.05) is 15.7 Å². The summed E-state index contributed by atoms with van der Waals surface area (Å²) in [6, 6.07) is 22.0. The van der Waals surface area contributed by atoms with Crippen LogP contribution in [0.25, 0.3) is 0 Å². The van der Waals surface area contributed by atoms with E-state index in [1.165, 1.54) is 6.92 Å². The maximum Gasteiger partial charge on any atom is 0.260 e. The summed E-state index contributed by atoms with van der Waals surface area (Å²) in [5.41, 5.74) is 1.03. The van der Waals surface area contributed by atoms with Crippen molar-refractivity contribution in [2.75, 3.05) is 17.3 Å². The van der Waals surface area contributed by atoms with E-state index in [2.05, 4.69) is 21.2 Å². The highest BCUT2D eigenvalue weighted by Gasteiger charge is 2.57. The van der Waals surface area contributed by atoms with Crippen molar-refractivity contribution >= 4 is 39.0 Å². The highest BCUT2D eigenvalue weighted by Crippen LogP contribution is 2.46. The van der Waals surface area contributed by atoms with Gasteiger partial charge in [0.1, 0.15) is 11.9 Å². The van der Waals surface area contributed by atoms with Gasteiger partial charge in [-0.3, -0.25) is 9.59 Å². The Morgan fingerprint density at radius 1 is 1.12 bits per heavy atom. The Labute approximate surface area is 195 Å². The number of Topliss-reactive ketones (excluding diaryl/α,β-unsaturated/α-hetero) is 1. The van der Waals surface area contributed by atoms with E-state index in [0.717, 1.165) is 10.0 Å². The zero-order valence-corrected chi connectivity index (χ0v) is 19.3. The number of carbonyl (C=O) groups excluding carboxylic acids is 2. The summed E-state index contributed by atoms with van der Waals surface area (Å²) in [5.74, 6) is -0.243. The average molecular weight is 495 g/mol. The Kier molecular flexibility index (Phi) is 6.04. The molecule has 32 heavy (non-hydrogen) atoms. The lowest BCUT2D eigenvalue weighted by Gasteiger charge is -2.34. The first-order chi connectivity index (χ1) is 15.4. The van der Waals surface area contributed by atoms with Crippen LogP contribution in [0.2, 0.25) is 0 Å². The van der Waals surface area contributed by atoms with Crippen LogP contribution in [-0.2, 0) is 21.7 Å². The number of hydrogen-bond donors (Lipinski definition) is 2. The molecule has 1 aliphatic rings. The van der Waals surface area contributed by atoms with Crippen molar-refractivity contribution in [3.8, 4) is 5.75 Å². The molecule has 7 heteroatoms. The number of aliphatic hydroxyl groups excluding tert-OH is 1. The first-order valence-electron chi connectivity index (χ1n) is 10.1. The van der Waals surface area contributed by atoms with Crippen LogP contribution in [0.3, 0.4) is 0 Å². The van der Waals surface area contributed by atoms with E-state index in [9.17, 15) is 14.7 Å². The van der Waals surface area contributed by atoms with Crippen molar-refractivity contribution in [3.05, 3.63) is 88.4 Å². The number of benzene rings is 3. The average Bonchev–Trinajstić information content (AvgIpc) is 3.02. The maximum absolute atomic E-state index is 14.0. The molecule has 3 aromatic rings. The van der Waals surface area contributed by atoms with Crippen molar-refractivity contribution in [1.82, 2.24) is 0 Å². The minimum absolute atomic E-state index is 0.305. The summed E-state index contributed by atoms with van der Waals surface area (Å²) in [4.78, 5) is 28.0. The van der Waals surface area contributed by atoms with Gasteiger partial charge >= 0.3 is 0 Å². The molecule has 2 N–H and O–H groups in total. The highest BCUT2D eigenvalue weighted by atomic mass is 79.9. The quantitative estimate of drug-likeness (QED) is 0.512. The van der Waals surface area contributed by atoms with Crippen molar-refractivity contribution in [3.63, 3.8) is 0 Å². The molecule has 0 unspecified atom stereocenters. The van der Waals surface area contributed by atoms with Crippen LogP contribution >= 0.6 is 15.9 Å². The van der Waals surface area contributed by atoms with Gasteiger partial charge in [-0.15, -0.1) is 0 Å². The predicted molar refractivity (Wildman–Crippen MR) is 127 cm³/mol. The predicted octanol–water partition coefficient (Wildman–Crippen LogP) is 4.26. The standard InChI is InChI=1S/C25H23BrN2O4/c1-16(29)23(30)25(27-19-9-11-20(32-2)12-10-19)21-13-8-18(26)14-22(21)28(24(25)31)15-17-6-4-3-5-7-17/h3-14,23,27,30H,15H2,1-2H3/t23-,25-/m0/s1. The van der Waals surface area contributed by atoms with E-state index in [4.69, 9.17) is 4.74 Å². The molecule has 1 aliphatic heterocycles. The van der Waals surface area contributed by atoms with Crippen molar-refractivity contribution < 1.29 is 19.4 Å². The number of rotatable bonds is 7. The van der Waals surface area contributed by atoms with Gasteiger partial charge in [-0.2, -0.15) is 0 Å². The number of ketones is 1. The monoisotopic (exact) mass is 494 g/mol. The fourth-order valence-electron chi connectivity index (χ4n) is 4.08. The van der Waals surface area contributed by atoms with Gasteiger partial charge < -0.3 is 20.1 Å². The Morgan fingerprint density at radius 2 is 1.81 bits per heavy atom. The molecule has 2 atom stereocenters. The smallest absolute Gasteiger partial charge is 0.260 e. The van der Waals surface area contributed by atoms with Gasteiger partial charge in [0.25, 0.3) is 5.91 Å². The number of anilines is 2. The number of halogens is 1. The van der Waals surface area contributed by atoms with Gasteiger partial charge in [-0.05, 0) is 48.9 Å². The van der Waals surface area contributed by atoms with E-state index in [0.29, 0.717) is 29.2 Å². The molecule has 4 rings (SSSR count). The molecule has 0 saturated heterocycles. The molecular formula is C25H23BrN2O4. The molecule has 1 amide bonds. The minimum Gasteiger partial charge on any atom is -0.497 e. The molecule has 0 bridgehead atoms. The summed E-state index contributed by atoms with van der Waals surface area (Å²) < 4.78 is 6.00. The number of hydrogen-bond acceptors (Lipinski definition) is 5. The first-order valence-corrected chi connectivity index (χ1v) is 10.9. The molecule has 0 spiro atoms. The van der Waals surface area contributed by atoms with E-state index in [1.54, 1.807) is 48.4 Å². The number of carbonyl (C=O) groups is 2. The van der Waals surface area contributed by atoms with Crippen molar-refractivity contribution in [1.29, 1.82) is 0 Å². The zero-order chi connectivity index (χ0) is 22.9. The summed E-state index contributed by atoms with van der Waals surface area (Å²) in [7, 11) is 1.57. The van der Waals surface area contributed by atoms with Crippen LogP contribution in [-0.4, -0.2) is 30.0 Å². The Hall–Kier alpha value is -3.16. The third-order valence-corrected chi connectivity index (χ3v) is 6.16. The lowest BCUT2D eigenvalue weighted by Crippen LogP contribution is -2.56. The van der Waals surface area contributed by atoms with E-state index < -0.39 is 23.3 Å². The summed E-state index contributed by atoms with van der Waals surface area (Å²) >= 11 is 3.48. The molecule has 0 radical (unpaired) electrons. The molecule has 0 fully saturated rings. The zero-order valence-electron chi connectivity index (χ0n) is 17.7. The number of methoxy groups -OCH3 is 1. The summed E-state index contributed by atoms with van der Waals surface area (Å²) in [6.07, 6.45) is -1.59. The largest absolute Gasteiger partial charge is 0.497 e. The Balaban J connectivity index is 1.86. The second kappa shape index (κ2) is 8.76. The van der Waals surface area contributed by atoms with Crippen LogP contribution in [0.4, 0.5) is 11.4 Å². The van der Waals surface area contributed by atoms with Gasteiger partial charge in [0.2, 0.25) is 0 Å².